The number of aliphatic carboxylic acids is 1. The molecule has 196 valence electrons. The number of halogens is 2. The fourth-order valence-corrected chi connectivity index (χ4v) is 4.52. The lowest BCUT2D eigenvalue weighted by Gasteiger charge is -2.27. The Kier molecular flexibility index (Phi) is 8.88. The van der Waals surface area contributed by atoms with Gasteiger partial charge in [-0.1, -0.05) is 35.9 Å². The van der Waals surface area contributed by atoms with Crippen LogP contribution in [0.15, 0.2) is 58.8 Å². The number of benzene rings is 2. The molecule has 0 aromatic heterocycles. The van der Waals surface area contributed by atoms with Gasteiger partial charge in [-0.2, -0.15) is 10.1 Å². The number of carbonyl (C=O) groups is 2. The number of hydrogen-bond acceptors (Lipinski definition) is 7. The first kappa shape index (κ1) is 26.7. The zero-order chi connectivity index (χ0) is 26.4. The Morgan fingerprint density at radius 1 is 1.22 bits per heavy atom. The van der Waals surface area contributed by atoms with Crippen LogP contribution in [0, 0.1) is 5.82 Å². The summed E-state index contributed by atoms with van der Waals surface area (Å²) in [5.74, 6) is -2.29. The van der Waals surface area contributed by atoms with E-state index in [2.05, 4.69) is 21.4 Å². The Morgan fingerprint density at radius 3 is 2.62 bits per heavy atom. The van der Waals surface area contributed by atoms with E-state index in [1.165, 1.54) is 13.2 Å². The van der Waals surface area contributed by atoms with Crippen LogP contribution in [0.25, 0.3) is 0 Å². The van der Waals surface area contributed by atoms with Crippen molar-refractivity contribution in [1.82, 2.24) is 10.2 Å². The second-order valence-electron chi connectivity index (χ2n) is 8.63. The van der Waals surface area contributed by atoms with Gasteiger partial charge in [0.25, 0.3) is 5.91 Å². The molecular formula is C26H28ClFN4O5. The number of morpholine rings is 1. The number of hydrazone groups is 1. The number of carboxylic acids is 1. The summed E-state index contributed by atoms with van der Waals surface area (Å²) in [5, 5.41) is 18.0. The predicted molar refractivity (Wildman–Crippen MR) is 137 cm³/mol. The molecule has 0 atom stereocenters. The van der Waals surface area contributed by atoms with E-state index in [1.807, 2.05) is 18.2 Å². The molecule has 2 N–H and O–H groups in total. The lowest BCUT2D eigenvalue weighted by molar-refractivity contribution is -0.135. The van der Waals surface area contributed by atoms with Gasteiger partial charge in [0, 0.05) is 33.3 Å². The first-order chi connectivity index (χ1) is 17.9. The molecule has 0 spiro atoms. The monoisotopic (exact) mass is 530 g/mol. The molecule has 2 aromatic rings. The second kappa shape index (κ2) is 12.3. The fraction of sp³-hybridized carbons (Fsp3) is 0.346. The van der Waals surface area contributed by atoms with Crippen LogP contribution >= 0.6 is 11.6 Å². The third-order valence-corrected chi connectivity index (χ3v) is 6.37. The second-order valence-corrected chi connectivity index (χ2v) is 9.03. The highest BCUT2D eigenvalue weighted by atomic mass is 35.5. The first-order valence-corrected chi connectivity index (χ1v) is 12.2. The Hall–Kier alpha value is -3.31. The van der Waals surface area contributed by atoms with Gasteiger partial charge in [0.05, 0.1) is 53.9 Å². The Balaban J connectivity index is 1.63. The maximum atomic E-state index is 13.6. The van der Waals surface area contributed by atoms with Crippen LogP contribution in [0.3, 0.4) is 0 Å². The number of carboxylic acid groups (broad SMARTS) is 1. The fourth-order valence-electron chi connectivity index (χ4n) is 4.27. The van der Waals surface area contributed by atoms with Crippen LogP contribution in [-0.4, -0.2) is 67.6 Å². The average molecular weight is 531 g/mol. The van der Waals surface area contributed by atoms with Gasteiger partial charge in [0.1, 0.15) is 5.82 Å². The van der Waals surface area contributed by atoms with Crippen molar-refractivity contribution in [3.8, 4) is 0 Å². The van der Waals surface area contributed by atoms with E-state index in [9.17, 15) is 19.1 Å². The molecule has 1 fully saturated rings. The highest BCUT2D eigenvalue weighted by Crippen LogP contribution is 2.32. The molecule has 1 saturated heterocycles. The lowest BCUT2D eigenvalue weighted by atomic mass is 10.0. The van der Waals surface area contributed by atoms with Gasteiger partial charge in [-0.05, 0) is 29.3 Å². The van der Waals surface area contributed by atoms with Crippen molar-refractivity contribution < 1.29 is 28.6 Å². The van der Waals surface area contributed by atoms with Crippen LogP contribution in [0.2, 0.25) is 5.02 Å². The molecule has 0 bridgehead atoms. The van der Waals surface area contributed by atoms with E-state index >= 15 is 0 Å². The smallest absolute Gasteiger partial charge is 0.309 e. The van der Waals surface area contributed by atoms with Crippen molar-refractivity contribution in [2.45, 2.75) is 19.5 Å². The maximum absolute atomic E-state index is 13.6. The minimum atomic E-state index is -1.15. The quantitative estimate of drug-likeness (QED) is 0.455. The molecule has 37 heavy (non-hydrogen) atoms. The molecule has 2 aliphatic heterocycles. The molecule has 9 nitrogen and oxygen atoms in total. The Morgan fingerprint density at radius 2 is 1.95 bits per heavy atom. The van der Waals surface area contributed by atoms with E-state index < -0.39 is 24.1 Å². The van der Waals surface area contributed by atoms with E-state index in [4.69, 9.17) is 21.1 Å². The van der Waals surface area contributed by atoms with Gasteiger partial charge in [0.2, 0.25) is 0 Å². The van der Waals surface area contributed by atoms with Crippen molar-refractivity contribution >= 4 is 34.9 Å². The SMILES string of the molecule is COC/C(NCc1ccccc1CN1CCOCC1)=C1\C(=O)N(c2ccc(F)cc2Cl)N=C1CC(=O)O. The number of rotatable bonds is 10. The van der Waals surface area contributed by atoms with Crippen molar-refractivity contribution in [3.05, 3.63) is 75.7 Å². The first-order valence-electron chi connectivity index (χ1n) is 11.8. The van der Waals surface area contributed by atoms with E-state index in [0.717, 1.165) is 47.9 Å². The average Bonchev–Trinajstić information content (AvgIpc) is 3.17. The molecule has 0 radical (unpaired) electrons. The van der Waals surface area contributed by atoms with Crippen LogP contribution in [-0.2, 0) is 32.2 Å². The number of nitrogens with one attached hydrogen (secondary N) is 1. The zero-order valence-corrected chi connectivity index (χ0v) is 21.1. The van der Waals surface area contributed by atoms with Crippen molar-refractivity contribution in [3.63, 3.8) is 0 Å². The third-order valence-electron chi connectivity index (χ3n) is 6.07. The van der Waals surface area contributed by atoms with E-state index in [-0.39, 0.29) is 28.6 Å². The summed E-state index contributed by atoms with van der Waals surface area (Å²) in [6, 6.07) is 11.5. The Labute approximate surface area is 219 Å². The normalized spacial score (nSPS) is 17.6. The standard InChI is InChI=1S/C26H28ClFN4O5/c1-36-16-22(29-14-17-4-2-3-5-18(17)15-31-8-10-37-11-9-31)25-21(13-24(33)34)30-32(26(25)35)23-7-6-19(28)12-20(23)27/h2-7,12,29H,8-11,13-16H2,1H3,(H,33,34)/b25-22+. The topological polar surface area (TPSA) is 104 Å². The summed E-state index contributed by atoms with van der Waals surface area (Å²) >= 11 is 6.17. The van der Waals surface area contributed by atoms with Gasteiger partial charge in [-0.25, -0.2) is 4.39 Å². The van der Waals surface area contributed by atoms with Gasteiger partial charge < -0.3 is 19.9 Å². The van der Waals surface area contributed by atoms with Crippen LogP contribution in [0.5, 0.6) is 0 Å². The Bertz CT molecular complexity index is 1230. The van der Waals surface area contributed by atoms with Crippen LogP contribution in [0.1, 0.15) is 17.5 Å². The molecule has 0 aliphatic carbocycles. The number of carbonyl (C=O) groups excluding carboxylic acids is 1. The minimum absolute atomic E-state index is 0.0219. The van der Waals surface area contributed by atoms with Crippen LogP contribution in [0.4, 0.5) is 10.1 Å². The minimum Gasteiger partial charge on any atom is -0.481 e. The van der Waals surface area contributed by atoms with Crippen molar-refractivity contribution in [2.75, 3.05) is 45.0 Å². The molecular weight excluding hydrogens is 503 g/mol. The number of ether oxygens (including phenoxy) is 2. The molecule has 4 rings (SSSR count). The summed E-state index contributed by atoms with van der Waals surface area (Å²) < 4.78 is 24.4. The molecule has 11 heteroatoms. The van der Waals surface area contributed by atoms with Gasteiger partial charge in [-0.3, -0.25) is 14.5 Å². The van der Waals surface area contributed by atoms with Gasteiger partial charge in [-0.15, -0.1) is 0 Å². The van der Waals surface area contributed by atoms with E-state index in [1.54, 1.807) is 0 Å². The zero-order valence-electron chi connectivity index (χ0n) is 20.4. The molecule has 0 unspecified atom stereocenters. The third kappa shape index (κ3) is 6.53. The van der Waals surface area contributed by atoms with E-state index in [0.29, 0.717) is 25.5 Å². The lowest BCUT2D eigenvalue weighted by Crippen LogP contribution is -2.36. The van der Waals surface area contributed by atoms with Crippen molar-refractivity contribution in [2.24, 2.45) is 5.10 Å². The summed E-state index contributed by atoms with van der Waals surface area (Å²) in [6.45, 7) is 4.28. The molecule has 1 amide bonds. The number of anilines is 1. The maximum Gasteiger partial charge on any atom is 0.309 e. The number of amides is 1. The highest BCUT2D eigenvalue weighted by Gasteiger charge is 2.36. The summed E-state index contributed by atoms with van der Waals surface area (Å²) in [7, 11) is 1.48. The number of nitrogens with zero attached hydrogens (tertiary/aromatic N) is 3. The molecule has 2 heterocycles. The van der Waals surface area contributed by atoms with Crippen LogP contribution < -0.4 is 10.3 Å². The molecule has 2 aliphatic rings. The summed E-state index contributed by atoms with van der Waals surface area (Å²) in [5.41, 5.74) is 2.86. The molecule has 0 saturated carbocycles. The highest BCUT2D eigenvalue weighted by molar-refractivity contribution is 6.37. The van der Waals surface area contributed by atoms with Gasteiger partial charge in [0.15, 0.2) is 0 Å². The predicted octanol–water partition coefficient (Wildman–Crippen LogP) is 3.18. The number of methoxy groups -OCH3 is 1. The summed E-state index contributed by atoms with van der Waals surface area (Å²) in [6.07, 6.45) is -0.487. The van der Waals surface area contributed by atoms with Crippen molar-refractivity contribution in [1.29, 1.82) is 0 Å². The number of hydrogen-bond donors (Lipinski definition) is 2. The largest absolute Gasteiger partial charge is 0.481 e. The van der Waals surface area contributed by atoms with Gasteiger partial charge >= 0.3 is 5.97 Å². The molecule has 2 aromatic carbocycles. The summed E-state index contributed by atoms with van der Waals surface area (Å²) in [4.78, 5) is 27.4.